The minimum atomic E-state index is -0.409. The average Bonchev–Trinajstić information content (AvgIpc) is 2.44. The Bertz CT molecular complexity index is 366. The van der Waals surface area contributed by atoms with Gasteiger partial charge in [-0.2, -0.15) is 0 Å². The third-order valence-corrected chi connectivity index (χ3v) is 2.73. The molecular formula is C11H15NO3. The van der Waals surface area contributed by atoms with E-state index in [0.717, 1.165) is 12.8 Å². The molecule has 1 aromatic rings. The summed E-state index contributed by atoms with van der Waals surface area (Å²) in [6.45, 7) is 3.91. The summed E-state index contributed by atoms with van der Waals surface area (Å²) in [7, 11) is 0. The first kappa shape index (κ1) is 10.2. The Morgan fingerprint density at radius 1 is 1.60 bits per heavy atom. The fraction of sp³-hybridized carbons (Fsp3) is 0.636. The van der Waals surface area contributed by atoms with Crippen LogP contribution < -0.4 is 0 Å². The van der Waals surface area contributed by atoms with E-state index in [1.54, 1.807) is 13.8 Å². The second-order valence-corrected chi connectivity index (χ2v) is 3.81. The fourth-order valence-corrected chi connectivity index (χ4v) is 1.63. The first-order chi connectivity index (χ1) is 7.22. The molecule has 15 heavy (non-hydrogen) atoms. The number of hydrogen-bond donors (Lipinski definition) is 0. The number of rotatable bonds is 3. The van der Waals surface area contributed by atoms with Gasteiger partial charge in [0.1, 0.15) is 0 Å². The quantitative estimate of drug-likeness (QED) is 0.717. The fourth-order valence-electron chi connectivity index (χ4n) is 1.63. The van der Waals surface area contributed by atoms with Crippen molar-refractivity contribution < 1.29 is 13.9 Å². The molecule has 1 aromatic heterocycles. The summed E-state index contributed by atoms with van der Waals surface area (Å²) >= 11 is 0. The number of aromatic nitrogens is 1. The molecule has 82 valence electrons. The van der Waals surface area contributed by atoms with Gasteiger partial charge in [-0.3, -0.25) is 0 Å². The SMILES string of the molecule is CCOC(=O)c1oc(C2CCC2)nc1C. The Hall–Kier alpha value is -1.32. The molecule has 0 bridgehead atoms. The summed E-state index contributed by atoms with van der Waals surface area (Å²) in [6, 6.07) is 0. The molecule has 1 saturated carbocycles. The van der Waals surface area contributed by atoms with E-state index in [9.17, 15) is 4.79 Å². The van der Waals surface area contributed by atoms with Gasteiger partial charge in [0, 0.05) is 5.92 Å². The average molecular weight is 209 g/mol. The van der Waals surface area contributed by atoms with E-state index < -0.39 is 5.97 Å². The van der Waals surface area contributed by atoms with Gasteiger partial charge < -0.3 is 9.15 Å². The van der Waals surface area contributed by atoms with Gasteiger partial charge >= 0.3 is 5.97 Å². The summed E-state index contributed by atoms with van der Waals surface area (Å²) in [5, 5.41) is 0. The van der Waals surface area contributed by atoms with Crippen molar-refractivity contribution in [3.05, 3.63) is 17.3 Å². The van der Waals surface area contributed by atoms with Crippen molar-refractivity contribution in [3.63, 3.8) is 0 Å². The highest BCUT2D eigenvalue weighted by molar-refractivity contribution is 5.87. The Kier molecular flexibility index (Phi) is 2.75. The van der Waals surface area contributed by atoms with Crippen LogP contribution in [0.1, 0.15) is 54.2 Å². The number of carbonyl (C=O) groups excluding carboxylic acids is 1. The monoisotopic (exact) mass is 209 g/mol. The van der Waals surface area contributed by atoms with Crippen molar-refractivity contribution in [1.82, 2.24) is 4.98 Å². The standard InChI is InChI=1S/C11H15NO3/c1-3-14-11(13)9-7(2)12-10(15-9)8-5-4-6-8/h8H,3-6H2,1-2H3. The van der Waals surface area contributed by atoms with Gasteiger partial charge in [0.15, 0.2) is 5.89 Å². The van der Waals surface area contributed by atoms with E-state index in [-0.39, 0.29) is 5.76 Å². The number of aryl methyl sites for hydroxylation is 1. The van der Waals surface area contributed by atoms with Crippen molar-refractivity contribution in [2.45, 2.75) is 39.0 Å². The number of carbonyl (C=O) groups is 1. The minimum absolute atomic E-state index is 0.263. The molecule has 0 spiro atoms. The smallest absolute Gasteiger partial charge is 0.376 e. The van der Waals surface area contributed by atoms with Gasteiger partial charge in [0.25, 0.3) is 0 Å². The zero-order chi connectivity index (χ0) is 10.8. The zero-order valence-electron chi connectivity index (χ0n) is 9.08. The van der Waals surface area contributed by atoms with E-state index in [1.165, 1.54) is 6.42 Å². The van der Waals surface area contributed by atoms with E-state index in [1.807, 2.05) is 0 Å². The zero-order valence-corrected chi connectivity index (χ0v) is 9.08. The Morgan fingerprint density at radius 2 is 2.33 bits per heavy atom. The van der Waals surface area contributed by atoms with Crippen LogP contribution in [0.5, 0.6) is 0 Å². The van der Waals surface area contributed by atoms with E-state index in [4.69, 9.17) is 9.15 Å². The molecule has 0 aliphatic heterocycles. The Labute approximate surface area is 88.6 Å². The molecule has 1 aliphatic carbocycles. The molecular weight excluding hydrogens is 194 g/mol. The largest absolute Gasteiger partial charge is 0.460 e. The summed E-state index contributed by atoms with van der Waals surface area (Å²) in [5.74, 6) is 0.959. The van der Waals surface area contributed by atoms with E-state index >= 15 is 0 Å². The van der Waals surface area contributed by atoms with Crippen molar-refractivity contribution in [3.8, 4) is 0 Å². The van der Waals surface area contributed by atoms with Crippen LogP contribution in [-0.2, 0) is 4.74 Å². The Balaban J connectivity index is 2.17. The lowest BCUT2D eigenvalue weighted by atomic mass is 9.85. The number of hydrogen-bond acceptors (Lipinski definition) is 4. The molecule has 0 aromatic carbocycles. The van der Waals surface area contributed by atoms with Crippen LogP contribution in [0, 0.1) is 6.92 Å². The van der Waals surface area contributed by atoms with Gasteiger partial charge in [0.05, 0.1) is 12.3 Å². The lowest BCUT2D eigenvalue weighted by molar-refractivity contribution is 0.0485. The highest BCUT2D eigenvalue weighted by Gasteiger charge is 2.27. The molecule has 4 nitrogen and oxygen atoms in total. The van der Waals surface area contributed by atoms with Gasteiger partial charge in [-0.25, -0.2) is 9.78 Å². The first-order valence-electron chi connectivity index (χ1n) is 5.36. The van der Waals surface area contributed by atoms with E-state index in [2.05, 4.69) is 4.98 Å². The highest BCUT2D eigenvalue weighted by Crippen LogP contribution is 2.36. The summed E-state index contributed by atoms with van der Waals surface area (Å²) in [6.07, 6.45) is 3.45. The van der Waals surface area contributed by atoms with Crippen LogP contribution in [0.25, 0.3) is 0 Å². The highest BCUT2D eigenvalue weighted by atomic mass is 16.5. The molecule has 0 unspecified atom stereocenters. The number of nitrogens with zero attached hydrogens (tertiary/aromatic N) is 1. The van der Waals surface area contributed by atoms with Crippen molar-refractivity contribution in [2.24, 2.45) is 0 Å². The van der Waals surface area contributed by atoms with Crippen LogP contribution in [0.4, 0.5) is 0 Å². The molecule has 0 N–H and O–H groups in total. The predicted octanol–water partition coefficient (Wildman–Crippen LogP) is 2.43. The van der Waals surface area contributed by atoms with Crippen molar-refractivity contribution in [2.75, 3.05) is 6.61 Å². The molecule has 0 atom stereocenters. The summed E-state index contributed by atoms with van der Waals surface area (Å²) in [4.78, 5) is 15.7. The third kappa shape index (κ3) is 1.89. The molecule has 1 heterocycles. The van der Waals surface area contributed by atoms with Crippen molar-refractivity contribution >= 4 is 5.97 Å². The maximum Gasteiger partial charge on any atom is 0.376 e. The number of esters is 1. The van der Waals surface area contributed by atoms with Gasteiger partial charge in [-0.1, -0.05) is 6.42 Å². The van der Waals surface area contributed by atoms with Gasteiger partial charge in [0.2, 0.25) is 5.76 Å². The van der Waals surface area contributed by atoms with Crippen LogP contribution in [0.2, 0.25) is 0 Å². The van der Waals surface area contributed by atoms with Crippen LogP contribution in [0.3, 0.4) is 0 Å². The summed E-state index contributed by atoms with van der Waals surface area (Å²) in [5.41, 5.74) is 0.635. The Morgan fingerprint density at radius 3 is 2.87 bits per heavy atom. The molecule has 0 radical (unpaired) electrons. The van der Waals surface area contributed by atoms with Crippen LogP contribution >= 0.6 is 0 Å². The molecule has 1 aliphatic rings. The first-order valence-corrected chi connectivity index (χ1v) is 5.36. The van der Waals surface area contributed by atoms with E-state index in [0.29, 0.717) is 24.1 Å². The summed E-state index contributed by atoms with van der Waals surface area (Å²) < 4.78 is 10.3. The number of oxazole rings is 1. The lowest BCUT2D eigenvalue weighted by Gasteiger charge is -2.21. The minimum Gasteiger partial charge on any atom is -0.460 e. The van der Waals surface area contributed by atoms with Gasteiger partial charge in [-0.15, -0.1) is 0 Å². The molecule has 0 amide bonds. The molecule has 4 heteroatoms. The lowest BCUT2D eigenvalue weighted by Crippen LogP contribution is -2.08. The molecule has 0 saturated heterocycles. The predicted molar refractivity (Wildman–Crippen MR) is 53.8 cm³/mol. The second-order valence-electron chi connectivity index (χ2n) is 3.81. The topological polar surface area (TPSA) is 52.3 Å². The van der Waals surface area contributed by atoms with Crippen molar-refractivity contribution in [1.29, 1.82) is 0 Å². The third-order valence-electron chi connectivity index (χ3n) is 2.73. The van der Waals surface area contributed by atoms with Crippen LogP contribution in [0.15, 0.2) is 4.42 Å². The second kappa shape index (κ2) is 4.04. The maximum absolute atomic E-state index is 11.5. The van der Waals surface area contributed by atoms with Gasteiger partial charge in [-0.05, 0) is 26.7 Å². The normalized spacial score (nSPS) is 16.1. The number of ether oxygens (including phenoxy) is 1. The van der Waals surface area contributed by atoms with Crippen LogP contribution in [-0.4, -0.2) is 17.6 Å². The molecule has 1 fully saturated rings. The maximum atomic E-state index is 11.5. The molecule has 2 rings (SSSR count).